The molecule has 7 nitrogen and oxygen atoms in total. The Balaban J connectivity index is 1.47. The van der Waals surface area contributed by atoms with Gasteiger partial charge in [-0.05, 0) is 36.8 Å². The highest BCUT2D eigenvalue weighted by Gasteiger charge is 2.11. The lowest BCUT2D eigenvalue weighted by Gasteiger charge is -2.05. The standard InChI is InChI=1S/C20H19N3O4S/c1-2-26-19(25)15-8-10-16(11-9-15)21-17(24)13-28-20-23-22-18(27-20)12-14-6-4-3-5-7-14/h3-11H,2,12-13H2,1H3,(H,21,24). The zero-order valence-electron chi connectivity index (χ0n) is 15.3. The van der Waals surface area contributed by atoms with Gasteiger partial charge in [-0.25, -0.2) is 4.79 Å². The van der Waals surface area contributed by atoms with Crippen LogP contribution in [0.15, 0.2) is 64.2 Å². The molecule has 0 spiro atoms. The predicted octanol–water partition coefficient (Wildman–Crippen LogP) is 3.57. The summed E-state index contributed by atoms with van der Waals surface area (Å²) in [5.74, 6) is 0.0334. The van der Waals surface area contributed by atoms with E-state index in [0.29, 0.717) is 35.4 Å². The first-order valence-corrected chi connectivity index (χ1v) is 9.68. The maximum atomic E-state index is 12.1. The average molecular weight is 397 g/mol. The first-order chi connectivity index (χ1) is 13.6. The summed E-state index contributed by atoms with van der Waals surface area (Å²) >= 11 is 1.17. The molecule has 0 aliphatic carbocycles. The number of amides is 1. The smallest absolute Gasteiger partial charge is 0.338 e. The van der Waals surface area contributed by atoms with E-state index in [1.807, 2.05) is 30.3 Å². The number of hydrogen-bond donors (Lipinski definition) is 1. The molecule has 8 heteroatoms. The molecular weight excluding hydrogens is 378 g/mol. The average Bonchev–Trinajstić information content (AvgIpc) is 3.15. The minimum absolute atomic E-state index is 0.132. The molecule has 0 aliphatic heterocycles. The number of nitrogens with one attached hydrogen (secondary N) is 1. The monoisotopic (exact) mass is 397 g/mol. The third-order valence-electron chi connectivity index (χ3n) is 3.65. The van der Waals surface area contributed by atoms with Crippen molar-refractivity contribution in [2.45, 2.75) is 18.6 Å². The molecule has 0 fully saturated rings. The Bertz CT molecular complexity index is 926. The van der Waals surface area contributed by atoms with Crippen LogP contribution in [0.4, 0.5) is 5.69 Å². The summed E-state index contributed by atoms with van der Waals surface area (Å²) in [6, 6.07) is 16.3. The van der Waals surface area contributed by atoms with Crippen molar-refractivity contribution < 1.29 is 18.7 Å². The van der Waals surface area contributed by atoms with Crippen molar-refractivity contribution in [1.29, 1.82) is 0 Å². The number of ether oxygens (including phenoxy) is 1. The summed E-state index contributed by atoms with van der Waals surface area (Å²) in [5, 5.41) is 11.1. The Labute approximate surface area is 166 Å². The van der Waals surface area contributed by atoms with E-state index in [1.165, 1.54) is 11.8 Å². The molecule has 1 N–H and O–H groups in total. The molecule has 1 amide bonds. The van der Waals surface area contributed by atoms with Crippen molar-refractivity contribution in [1.82, 2.24) is 10.2 Å². The van der Waals surface area contributed by atoms with E-state index in [0.717, 1.165) is 5.56 Å². The molecule has 0 saturated heterocycles. The predicted molar refractivity (Wildman–Crippen MR) is 105 cm³/mol. The summed E-state index contributed by atoms with van der Waals surface area (Å²) in [5.41, 5.74) is 2.10. The molecule has 3 rings (SSSR count). The van der Waals surface area contributed by atoms with E-state index in [4.69, 9.17) is 9.15 Å². The van der Waals surface area contributed by atoms with Crippen molar-refractivity contribution in [2.24, 2.45) is 0 Å². The van der Waals surface area contributed by atoms with Gasteiger partial charge >= 0.3 is 5.97 Å². The molecule has 144 valence electrons. The Morgan fingerprint density at radius 3 is 2.54 bits per heavy atom. The minimum atomic E-state index is -0.390. The fraction of sp³-hybridized carbons (Fsp3) is 0.200. The quantitative estimate of drug-likeness (QED) is 0.459. The molecule has 0 bridgehead atoms. The SMILES string of the molecule is CCOC(=O)c1ccc(NC(=O)CSc2nnc(Cc3ccccc3)o2)cc1. The number of thioether (sulfide) groups is 1. The minimum Gasteiger partial charge on any atom is -0.462 e. The zero-order chi connectivity index (χ0) is 19.8. The van der Waals surface area contributed by atoms with Crippen molar-refractivity contribution >= 4 is 29.3 Å². The van der Waals surface area contributed by atoms with Gasteiger partial charge in [0.1, 0.15) is 0 Å². The Morgan fingerprint density at radius 1 is 1.07 bits per heavy atom. The molecule has 0 radical (unpaired) electrons. The van der Waals surface area contributed by atoms with Gasteiger partial charge in [0.05, 0.1) is 24.3 Å². The van der Waals surface area contributed by atoms with E-state index >= 15 is 0 Å². The summed E-state index contributed by atoms with van der Waals surface area (Å²) in [7, 11) is 0. The number of rotatable bonds is 8. The highest BCUT2D eigenvalue weighted by molar-refractivity contribution is 7.99. The van der Waals surface area contributed by atoms with Crippen LogP contribution in [0.25, 0.3) is 0 Å². The third-order valence-corrected chi connectivity index (χ3v) is 4.47. The number of carbonyl (C=O) groups is 2. The number of benzene rings is 2. The summed E-state index contributed by atoms with van der Waals surface area (Å²) in [4.78, 5) is 23.7. The lowest BCUT2D eigenvalue weighted by atomic mass is 10.2. The van der Waals surface area contributed by atoms with Gasteiger partial charge < -0.3 is 14.5 Å². The van der Waals surface area contributed by atoms with Crippen LogP contribution < -0.4 is 5.32 Å². The maximum Gasteiger partial charge on any atom is 0.338 e. The molecule has 0 unspecified atom stereocenters. The number of nitrogens with zero attached hydrogens (tertiary/aromatic N) is 2. The Morgan fingerprint density at radius 2 is 1.82 bits per heavy atom. The highest BCUT2D eigenvalue weighted by atomic mass is 32.2. The second-order valence-electron chi connectivity index (χ2n) is 5.76. The van der Waals surface area contributed by atoms with Crippen LogP contribution in [0.2, 0.25) is 0 Å². The zero-order valence-corrected chi connectivity index (χ0v) is 16.1. The topological polar surface area (TPSA) is 94.3 Å². The number of hydrogen-bond acceptors (Lipinski definition) is 7. The van der Waals surface area contributed by atoms with Gasteiger partial charge in [0.2, 0.25) is 11.8 Å². The van der Waals surface area contributed by atoms with Gasteiger partial charge in [-0.1, -0.05) is 42.1 Å². The Kier molecular flexibility index (Phi) is 6.80. The summed E-state index contributed by atoms with van der Waals surface area (Å²) in [6.07, 6.45) is 0.549. The van der Waals surface area contributed by atoms with Crippen molar-refractivity contribution in [3.8, 4) is 0 Å². The number of anilines is 1. The molecule has 2 aromatic carbocycles. The lowest BCUT2D eigenvalue weighted by Crippen LogP contribution is -2.14. The Hall–Kier alpha value is -3.13. The summed E-state index contributed by atoms with van der Waals surface area (Å²) in [6.45, 7) is 2.06. The fourth-order valence-corrected chi connectivity index (χ4v) is 2.95. The first kappa shape index (κ1) is 19.6. The fourth-order valence-electron chi connectivity index (χ4n) is 2.37. The second-order valence-corrected chi connectivity index (χ2v) is 6.69. The van der Waals surface area contributed by atoms with Crippen molar-refractivity contribution in [3.05, 3.63) is 71.6 Å². The largest absolute Gasteiger partial charge is 0.462 e. The highest BCUT2D eigenvalue weighted by Crippen LogP contribution is 2.18. The van der Waals surface area contributed by atoms with Crippen molar-refractivity contribution in [2.75, 3.05) is 17.7 Å². The van der Waals surface area contributed by atoms with Crippen molar-refractivity contribution in [3.63, 3.8) is 0 Å². The molecule has 1 heterocycles. The van der Waals surface area contributed by atoms with Crippen LogP contribution in [0.1, 0.15) is 28.7 Å². The van der Waals surface area contributed by atoms with Crippen LogP contribution in [-0.2, 0) is 16.0 Å². The normalized spacial score (nSPS) is 10.5. The molecule has 1 aromatic heterocycles. The number of aromatic nitrogens is 2. The molecule has 28 heavy (non-hydrogen) atoms. The van der Waals surface area contributed by atoms with Crippen LogP contribution >= 0.6 is 11.8 Å². The second kappa shape index (κ2) is 9.70. The van der Waals surface area contributed by atoms with E-state index in [9.17, 15) is 9.59 Å². The molecular formula is C20H19N3O4S. The first-order valence-electron chi connectivity index (χ1n) is 8.70. The molecule has 0 atom stereocenters. The van der Waals surface area contributed by atoms with Gasteiger partial charge in [-0.3, -0.25) is 4.79 Å². The van der Waals surface area contributed by atoms with Gasteiger partial charge in [-0.2, -0.15) is 0 Å². The van der Waals surface area contributed by atoms with Gasteiger partial charge in [0.25, 0.3) is 5.22 Å². The molecule has 3 aromatic rings. The number of esters is 1. The summed E-state index contributed by atoms with van der Waals surface area (Å²) < 4.78 is 10.5. The van der Waals surface area contributed by atoms with E-state index in [1.54, 1.807) is 31.2 Å². The van der Waals surface area contributed by atoms with E-state index in [-0.39, 0.29) is 11.7 Å². The van der Waals surface area contributed by atoms with E-state index < -0.39 is 5.97 Å². The van der Waals surface area contributed by atoms with Crippen LogP contribution in [-0.4, -0.2) is 34.4 Å². The molecule has 0 saturated carbocycles. The van der Waals surface area contributed by atoms with Crippen LogP contribution in [0.5, 0.6) is 0 Å². The molecule has 0 aliphatic rings. The lowest BCUT2D eigenvalue weighted by molar-refractivity contribution is -0.113. The van der Waals surface area contributed by atoms with Gasteiger partial charge in [-0.15, -0.1) is 10.2 Å². The number of carbonyl (C=O) groups excluding carboxylic acids is 2. The maximum absolute atomic E-state index is 12.1. The van der Waals surface area contributed by atoms with Crippen LogP contribution in [0, 0.1) is 0 Å². The van der Waals surface area contributed by atoms with Crippen LogP contribution in [0.3, 0.4) is 0 Å². The van der Waals surface area contributed by atoms with Gasteiger partial charge in [0, 0.05) is 5.69 Å². The van der Waals surface area contributed by atoms with Gasteiger partial charge in [0.15, 0.2) is 0 Å². The third kappa shape index (κ3) is 5.68. The van der Waals surface area contributed by atoms with E-state index in [2.05, 4.69) is 15.5 Å².